The van der Waals surface area contributed by atoms with E-state index in [1.165, 1.54) is 12.1 Å². The molecule has 0 bridgehead atoms. The van der Waals surface area contributed by atoms with Gasteiger partial charge in [-0.15, -0.1) is 0 Å². The Morgan fingerprint density at radius 3 is 2.65 bits per heavy atom. The molecule has 1 aromatic rings. The normalized spacial score (nSPS) is 11.8. The summed E-state index contributed by atoms with van der Waals surface area (Å²) in [6.45, 7) is 1.83. The van der Waals surface area contributed by atoms with Crippen LogP contribution in [0, 0.1) is 5.92 Å². The fraction of sp³-hybridized carbons (Fsp3) is 0.333. The highest BCUT2D eigenvalue weighted by Gasteiger charge is 2.16. The Hall–Kier alpha value is -2.04. The Kier molecular flexibility index (Phi) is 4.51. The first kappa shape index (κ1) is 13.0. The van der Waals surface area contributed by atoms with Gasteiger partial charge in [-0.1, -0.05) is 13.0 Å². The number of nitrogens with one attached hydrogen (secondary N) is 1. The molecule has 1 unspecified atom stereocenters. The summed E-state index contributed by atoms with van der Waals surface area (Å²) in [7, 11) is 0. The first-order valence-corrected chi connectivity index (χ1v) is 5.34. The van der Waals surface area contributed by atoms with Gasteiger partial charge in [-0.3, -0.25) is 9.59 Å². The summed E-state index contributed by atoms with van der Waals surface area (Å²) >= 11 is 0. The van der Waals surface area contributed by atoms with Crippen LogP contribution in [-0.4, -0.2) is 28.6 Å². The molecule has 0 aromatic heterocycles. The van der Waals surface area contributed by atoms with Crippen LogP contribution in [0.3, 0.4) is 0 Å². The zero-order valence-electron chi connectivity index (χ0n) is 9.51. The third kappa shape index (κ3) is 3.79. The van der Waals surface area contributed by atoms with Crippen LogP contribution in [0.5, 0.6) is 5.75 Å². The molecule has 0 saturated carbocycles. The van der Waals surface area contributed by atoms with E-state index >= 15 is 0 Å². The van der Waals surface area contributed by atoms with Crippen LogP contribution in [0.2, 0.25) is 0 Å². The lowest BCUT2D eigenvalue weighted by molar-refractivity contribution is -0.141. The number of carboxylic acid groups (broad SMARTS) is 1. The van der Waals surface area contributed by atoms with Crippen molar-refractivity contribution >= 4 is 11.9 Å². The van der Waals surface area contributed by atoms with E-state index in [-0.39, 0.29) is 18.2 Å². The van der Waals surface area contributed by atoms with Crippen LogP contribution < -0.4 is 5.32 Å². The summed E-state index contributed by atoms with van der Waals surface area (Å²) in [4.78, 5) is 22.4. The first-order chi connectivity index (χ1) is 8.04. The summed E-state index contributed by atoms with van der Waals surface area (Å²) in [5.41, 5.74) is 0.310. The Balaban J connectivity index is 2.58. The van der Waals surface area contributed by atoms with E-state index in [9.17, 15) is 14.7 Å². The third-order valence-corrected chi connectivity index (χ3v) is 2.46. The van der Waals surface area contributed by atoms with Crippen molar-refractivity contribution in [2.45, 2.75) is 13.3 Å². The number of carboxylic acids is 1. The highest BCUT2D eigenvalue weighted by molar-refractivity contribution is 5.94. The molecule has 0 radical (unpaired) electrons. The minimum absolute atomic E-state index is 0.00271. The van der Waals surface area contributed by atoms with E-state index in [0.29, 0.717) is 12.0 Å². The summed E-state index contributed by atoms with van der Waals surface area (Å²) in [6, 6.07) is 5.90. The highest BCUT2D eigenvalue weighted by Crippen LogP contribution is 2.10. The first-order valence-electron chi connectivity index (χ1n) is 5.34. The number of carbonyl (C=O) groups excluding carboxylic acids is 1. The topological polar surface area (TPSA) is 86.6 Å². The molecular weight excluding hydrogens is 222 g/mol. The van der Waals surface area contributed by atoms with E-state index in [1.54, 1.807) is 19.1 Å². The van der Waals surface area contributed by atoms with E-state index in [1.807, 2.05) is 0 Å². The zero-order valence-corrected chi connectivity index (χ0v) is 9.51. The number of aromatic hydroxyl groups is 1. The second-order valence-corrected chi connectivity index (χ2v) is 3.70. The molecule has 0 aliphatic heterocycles. The lowest BCUT2D eigenvalue weighted by Crippen LogP contribution is -2.32. The number of hydrogen-bond acceptors (Lipinski definition) is 3. The monoisotopic (exact) mass is 237 g/mol. The lowest BCUT2D eigenvalue weighted by Gasteiger charge is -2.11. The molecule has 5 heteroatoms. The number of benzene rings is 1. The number of hydrogen-bond donors (Lipinski definition) is 3. The third-order valence-electron chi connectivity index (χ3n) is 2.46. The van der Waals surface area contributed by atoms with Crippen LogP contribution in [0.1, 0.15) is 23.7 Å². The molecule has 0 aliphatic rings. The number of phenols is 1. The molecule has 3 N–H and O–H groups in total. The molecule has 0 spiro atoms. The summed E-state index contributed by atoms with van der Waals surface area (Å²) in [5, 5.41) is 20.5. The predicted octanol–water partition coefficient (Wildman–Crippen LogP) is 1.23. The molecule has 1 rings (SSSR count). The van der Waals surface area contributed by atoms with Gasteiger partial charge < -0.3 is 15.5 Å². The summed E-state index contributed by atoms with van der Waals surface area (Å²) in [5.74, 6) is -1.90. The van der Waals surface area contributed by atoms with E-state index in [2.05, 4.69) is 5.32 Å². The van der Waals surface area contributed by atoms with Crippen molar-refractivity contribution in [2.24, 2.45) is 5.92 Å². The van der Waals surface area contributed by atoms with Crippen LogP contribution in [0.15, 0.2) is 24.3 Å². The van der Waals surface area contributed by atoms with E-state index in [4.69, 9.17) is 5.11 Å². The molecule has 1 aromatic carbocycles. The molecule has 5 nitrogen and oxygen atoms in total. The van der Waals surface area contributed by atoms with Gasteiger partial charge in [0.2, 0.25) is 0 Å². The fourth-order valence-corrected chi connectivity index (χ4v) is 1.37. The van der Waals surface area contributed by atoms with Gasteiger partial charge in [-0.05, 0) is 24.6 Å². The minimum Gasteiger partial charge on any atom is -0.508 e. The Morgan fingerprint density at radius 2 is 2.12 bits per heavy atom. The molecule has 0 fully saturated rings. The Labute approximate surface area is 99.1 Å². The van der Waals surface area contributed by atoms with Crippen molar-refractivity contribution in [1.82, 2.24) is 5.32 Å². The van der Waals surface area contributed by atoms with E-state index < -0.39 is 11.9 Å². The highest BCUT2D eigenvalue weighted by atomic mass is 16.4. The molecule has 0 heterocycles. The molecule has 1 atom stereocenters. The number of phenolic OH excluding ortho intramolecular Hbond substituents is 1. The van der Waals surface area contributed by atoms with Gasteiger partial charge in [0.25, 0.3) is 5.91 Å². The second kappa shape index (κ2) is 5.89. The molecular formula is C12H15NO4. The maximum atomic E-state index is 11.6. The largest absolute Gasteiger partial charge is 0.508 e. The standard InChI is InChI=1S/C12H15NO4/c1-2-8(12(16)17)7-13-11(15)9-4-3-5-10(14)6-9/h3-6,8,14H,2,7H2,1H3,(H,13,15)(H,16,17). The minimum atomic E-state index is -0.927. The molecule has 0 saturated heterocycles. The fourth-order valence-electron chi connectivity index (χ4n) is 1.37. The van der Waals surface area contributed by atoms with Gasteiger partial charge in [0.1, 0.15) is 5.75 Å². The van der Waals surface area contributed by atoms with Gasteiger partial charge in [-0.2, -0.15) is 0 Å². The van der Waals surface area contributed by atoms with Gasteiger partial charge in [0.05, 0.1) is 5.92 Å². The number of rotatable bonds is 5. The van der Waals surface area contributed by atoms with Crippen molar-refractivity contribution in [3.63, 3.8) is 0 Å². The van der Waals surface area contributed by atoms with Crippen molar-refractivity contribution in [1.29, 1.82) is 0 Å². The van der Waals surface area contributed by atoms with Crippen LogP contribution in [0.4, 0.5) is 0 Å². The van der Waals surface area contributed by atoms with Crippen LogP contribution >= 0.6 is 0 Å². The second-order valence-electron chi connectivity index (χ2n) is 3.70. The van der Waals surface area contributed by atoms with Crippen molar-refractivity contribution < 1.29 is 19.8 Å². The van der Waals surface area contributed by atoms with E-state index in [0.717, 1.165) is 0 Å². The average Bonchev–Trinajstić information content (AvgIpc) is 2.29. The maximum Gasteiger partial charge on any atom is 0.308 e. The maximum absolute atomic E-state index is 11.6. The lowest BCUT2D eigenvalue weighted by atomic mass is 10.1. The Morgan fingerprint density at radius 1 is 1.41 bits per heavy atom. The summed E-state index contributed by atoms with van der Waals surface area (Å²) < 4.78 is 0. The summed E-state index contributed by atoms with van der Waals surface area (Å²) in [6.07, 6.45) is 0.454. The quantitative estimate of drug-likeness (QED) is 0.719. The Bertz CT molecular complexity index is 417. The molecule has 17 heavy (non-hydrogen) atoms. The molecule has 1 amide bonds. The van der Waals surface area contributed by atoms with Crippen molar-refractivity contribution in [2.75, 3.05) is 6.54 Å². The SMILES string of the molecule is CCC(CNC(=O)c1cccc(O)c1)C(=O)O. The van der Waals surface area contributed by atoms with Gasteiger partial charge in [0.15, 0.2) is 0 Å². The zero-order chi connectivity index (χ0) is 12.8. The number of carbonyl (C=O) groups is 2. The van der Waals surface area contributed by atoms with Crippen molar-refractivity contribution in [3.8, 4) is 5.75 Å². The van der Waals surface area contributed by atoms with Gasteiger partial charge in [0, 0.05) is 12.1 Å². The average molecular weight is 237 g/mol. The smallest absolute Gasteiger partial charge is 0.308 e. The van der Waals surface area contributed by atoms with Crippen LogP contribution in [-0.2, 0) is 4.79 Å². The molecule has 0 aliphatic carbocycles. The predicted molar refractivity (Wildman–Crippen MR) is 61.9 cm³/mol. The van der Waals surface area contributed by atoms with Gasteiger partial charge in [-0.25, -0.2) is 0 Å². The molecule has 92 valence electrons. The number of amides is 1. The van der Waals surface area contributed by atoms with Gasteiger partial charge >= 0.3 is 5.97 Å². The van der Waals surface area contributed by atoms with Crippen LogP contribution in [0.25, 0.3) is 0 Å². The van der Waals surface area contributed by atoms with Crippen molar-refractivity contribution in [3.05, 3.63) is 29.8 Å². The number of aliphatic carboxylic acids is 1.